The van der Waals surface area contributed by atoms with Crippen LogP contribution in [0.5, 0.6) is 0 Å². The smallest absolute Gasteiger partial charge is 0.283 e. The molecular formula is C6H9IN2O. The minimum Gasteiger partial charge on any atom is -0.328 e. The number of amides is 1. The second kappa shape index (κ2) is 2.34. The van der Waals surface area contributed by atoms with Crippen LogP contribution in [0, 0.1) is 0 Å². The first-order valence-corrected chi connectivity index (χ1v) is 4.55. The van der Waals surface area contributed by atoms with E-state index >= 15 is 0 Å². The number of carbonyl (C=O) groups is 1. The van der Waals surface area contributed by atoms with E-state index in [4.69, 9.17) is 0 Å². The van der Waals surface area contributed by atoms with Gasteiger partial charge in [-0.05, 0) is 6.42 Å². The van der Waals surface area contributed by atoms with Crippen LogP contribution in [0.3, 0.4) is 0 Å². The Kier molecular flexibility index (Phi) is 1.60. The number of carbonyl (C=O) groups excluding carboxylic acids is 1. The van der Waals surface area contributed by atoms with Crippen LogP contribution in [-0.2, 0) is 0 Å². The zero-order valence-electron chi connectivity index (χ0n) is 5.51. The van der Waals surface area contributed by atoms with Crippen LogP contribution in [0.1, 0.15) is 6.42 Å². The third-order valence-corrected chi connectivity index (χ3v) is 2.90. The van der Waals surface area contributed by atoms with E-state index < -0.39 is 0 Å². The Balaban J connectivity index is 2.08. The van der Waals surface area contributed by atoms with E-state index in [1.165, 1.54) is 0 Å². The van der Waals surface area contributed by atoms with Crippen molar-refractivity contribution in [3.05, 3.63) is 0 Å². The number of hydrogen-bond donors (Lipinski definition) is 1. The molecule has 3 nitrogen and oxygen atoms in total. The molecule has 0 aromatic heterocycles. The Labute approximate surface area is 73.3 Å². The molecule has 2 fully saturated rings. The van der Waals surface area contributed by atoms with Gasteiger partial charge in [0.25, 0.3) is 3.91 Å². The second-order valence-corrected chi connectivity index (χ2v) is 3.82. The summed E-state index contributed by atoms with van der Waals surface area (Å²) in [6, 6.07) is 1.08. The molecule has 0 spiro atoms. The fourth-order valence-electron chi connectivity index (χ4n) is 1.78. The van der Waals surface area contributed by atoms with Gasteiger partial charge in [-0.3, -0.25) is 4.79 Å². The number of piperazine rings is 1. The third-order valence-electron chi connectivity index (χ3n) is 2.28. The van der Waals surface area contributed by atoms with Gasteiger partial charge in [0, 0.05) is 47.8 Å². The molecule has 10 heavy (non-hydrogen) atoms. The minimum atomic E-state index is 0.201. The highest BCUT2D eigenvalue weighted by Gasteiger charge is 2.39. The average molecular weight is 252 g/mol. The van der Waals surface area contributed by atoms with Crippen molar-refractivity contribution in [3.8, 4) is 0 Å². The first-order valence-electron chi connectivity index (χ1n) is 3.47. The van der Waals surface area contributed by atoms with Crippen LogP contribution in [0.15, 0.2) is 0 Å². The summed E-state index contributed by atoms with van der Waals surface area (Å²) in [6.07, 6.45) is 1.16. The van der Waals surface area contributed by atoms with Crippen molar-refractivity contribution in [2.75, 3.05) is 13.1 Å². The lowest BCUT2D eigenvalue weighted by Gasteiger charge is -2.24. The number of hydrogen-bond acceptors (Lipinski definition) is 2. The highest BCUT2D eigenvalue weighted by atomic mass is 127. The van der Waals surface area contributed by atoms with E-state index in [1.807, 2.05) is 27.5 Å². The number of fused-ring (bicyclic) bond motifs is 2. The Hall–Kier alpha value is 0.160. The summed E-state index contributed by atoms with van der Waals surface area (Å²) >= 11 is 1.86. The molecule has 0 aromatic carbocycles. The topological polar surface area (TPSA) is 32.3 Å². The van der Waals surface area contributed by atoms with Crippen molar-refractivity contribution in [2.24, 2.45) is 0 Å². The molecule has 2 heterocycles. The molecule has 4 heteroatoms. The molecule has 56 valence electrons. The highest BCUT2D eigenvalue weighted by Crippen LogP contribution is 2.24. The van der Waals surface area contributed by atoms with Crippen molar-refractivity contribution in [3.63, 3.8) is 0 Å². The molecule has 0 radical (unpaired) electrons. The molecular weight excluding hydrogens is 243 g/mol. The van der Waals surface area contributed by atoms with Crippen LogP contribution in [0.2, 0.25) is 0 Å². The number of rotatable bonds is 0. The van der Waals surface area contributed by atoms with E-state index in [2.05, 4.69) is 5.32 Å². The van der Waals surface area contributed by atoms with Gasteiger partial charge in [0.05, 0.1) is 0 Å². The van der Waals surface area contributed by atoms with Crippen molar-refractivity contribution in [2.45, 2.75) is 18.5 Å². The van der Waals surface area contributed by atoms with Gasteiger partial charge in [-0.1, -0.05) is 0 Å². The zero-order valence-corrected chi connectivity index (χ0v) is 7.67. The van der Waals surface area contributed by atoms with Crippen molar-refractivity contribution in [1.82, 2.24) is 10.2 Å². The van der Waals surface area contributed by atoms with Crippen molar-refractivity contribution >= 4 is 26.5 Å². The third kappa shape index (κ3) is 0.934. The van der Waals surface area contributed by atoms with E-state index in [1.54, 1.807) is 0 Å². The Morgan fingerprint density at radius 1 is 1.70 bits per heavy atom. The Bertz CT molecular complexity index is 173. The standard InChI is InChI=1S/C6H9IN2O/c7-6(10)9-3-4-1-5(9)2-8-4/h4-5,8H,1-3H2. The van der Waals surface area contributed by atoms with Crippen molar-refractivity contribution in [1.29, 1.82) is 0 Å². The van der Waals surface area contributed by atoms with E-state index in [0.29, 0.717) is 12.1 Å². The molecule has 2 aliphatic heterocycles. The maximum absolute atomic E-state index is 10.9. The SMILES string of the molecule is O=C(I)N1CC2CC1CN2. The van der Waals surface area contributed by atoms with E-state index in [-0.39, 0.29) is 3.91 Å². The predicted molar refractivity (Wildman–Crippen MR) is 46.3 cm³/mol. The lowest BCUT2D eigenvalue weighted by atomic mass is 10.2. The summed E-state index contributed by atoms with van der Waals surface area (Å²) in [5, 5.41) is 3.34. The Morgan fingerprint density at radius 3 is 2.80 bits per heavy atom. The van der Waals surface area contributed by atoms with Crippen LogP contribution >= 0.6 is 22.6 Å². The molecule has 2 unspecified atom stereocenters. The lowest BCUT2D eigenvalue weighted by Crippen LogP contribution is -2.44. The maximum atomic E-state index is 10.9. The maximum Gasteiger partial charge on any atom is 0.283 e. The predicted octanol–water partition coefficient (Wildman–Crippen LogP) is 0.588. The molecule has 2 rings (SSSR count). The summed E-state index contributed by atoms with van der Waals surface area (Å²) in [6.45, 7) is 1.92. The number of halogens is 1. The average Bonchev–Trinajstić information content (AvgIpc) is 2.44. The molecule has 2 bridgehead atoms. The number of nitrogens with zero attached hydrogens (tertiary/aromatic N) is 1. The van der Waals surface area contributed by atoms with Gasteiger partial charge in [-0.15, -0.1) is 0 Å². The van der Waals surface area contributed by atoms with Gasteiger partial charge in [-0.2, -0.15) is 0 Å². The lowest BCUT2D eigenvalue weighted by molar-refractivity contribution is 0.213. The van der Waals surface area contributed by atoms with Gasteiger partial charge >= 0.3 is 0 Å². The summed E-state index contributed by atoms with van der Waals surface area (Å²) in [4.78, 5) is 12.9. The molecule has 2 atom stereocenters. The van der Waals surface area contributed by atoms with Crippen LogP contribution in [0.25, 0.3) is 0 Å². The molecule has 0 saturated carbocycles. The molecule has 1 N–H and O–H groups in total. The van der Waals surface area contributed by atoms with Crippen LogP contribution in [-0.4, -0.2) is 34.0 Å². The first-order chi connectivity index (χ1) is 4.77. The fourth-order valence-corrected chi connectivity index (χ4v) is 2.37. The minimum absolute atomic E-state index is 0.201. The molecule has 0 aromatic rings. The normalized spacial score (nSPS) is 37.1. The molecule has 2 aliphatic rings. The molecule has 0 aliphatic carbocycles. The summed E-state index contributed by atoms with van der Waals surface area (Å²) in [7, 11) is 0. The van der Waals surface area contributed by atoms with Gasteiger partial charge in [0.15, 0.2) is 0 Å². The van der Waals surface area contributed by atoms with Gasteiger partial charge in [0.1, 0.15) is 0 Å². The van der Waals surface area contributed by atoms with Gasteiger partial charge in [0.2, 0.25) is 0 Å². The van der Waals surface area contributed by atoms with Crippen molar-refractivity contribution < 1.29 is 4.79 Å². The summed E-state index contributed by atoms with van der Waals surface area (Å²) in [5.41, 5.74) is 0. The zero-order chi connectivity index (χ0) is 7.14. The van der Waals surface area contributed by atoms with Crippen LogP contribution in [0.4, 0.5) is 4.79 Å². The van der Waals surface area contributed by atoms with Crippen LogP contribution < -0.4 is 5.32 Å². The molecule has 2 saturated heterocycles. The van der Waals surface area contributed by atoms with E-state index in [0.717, 1.165) is 19.5 Å². The summed E-state index contributed by atoms with van der Waals surface area (Å²) < 4.78 is 0.201. The monoisotopic (exact) mass is 252 g/mol. The first kappa shape index (κ1) is 6.84. The highest BCUT2D eigenvalue weighted by molar-refractivity contribution is 14.1. The Morgan fingerprint density at radius 2 is 2.50 bits per heavy atom. The second-order valence-electron chi connectivity index (χ2n) is 2.90. The van der Waals surface area contributed by atoms with Gasteiger partial charge in [-0.25, -0.2) is 0 Å². The molecule has 1 amide bonds. The van der Waals surface area contributed by atoms with Gasteiger partial charge < -0.3 is 10.2 Å². The largest absolute Gasteiger partial charge is 0.328 e. The van der Waals surface area contributed by atoms with E-state index in [9.17, 15) is 4.79 Å². The quantitative estimate of drug-likeness (QED) is 0.388. The summed E-state index contributed by atoms with van der Waals surface area (Å²) in [5.74, 6) is 0. The fraction of sp³-hybridized carbons (Fsp3) is 0.833. The number of likely N-dealkylation sites (tertiary alicyclic amines) is 1. The number of nitrogens with one attached hydrogen (secondary N) is 1.